The van der Waals surface area contributed by atoms with E-state index in [2.05, 4.69) is 10.1 Å². The molecule has 4 rings (SSSR count). The van der Waals surface area contributed by atoms with Crippen molar-refractivity contribution in [3.8, 4) is 5.75 Å². The van der Waals surface area contributed by atoms with Crippen molar-refractivity contribution in [2.75, 3.05) is 7.11 Å². The van der Waals surface area contributed by atoms with E-state index < -0.39 is 0 Å². The summed E-state index contributed by atoms with van der Waals surface area (Å²) < 4.78 is 5.23. The fourth-order valence-corrected chi connectivity index (χ4v) is 3.49. The summed E-state index contributed by atoms with van der Waals surface area (Å²) in [7, 11) is 1.64. The SMILES string of the molecule is COc1ccc(C2=NN(C(=O)Cc3ccc(Cl)cc3)C(c3ccccn3)C2)cc1. The molecule has 1 aliphatic heterocycles. The summed E-state index contributed by atoms with van der Waals surface area (Å²) in [4.78, 5) is 17.6. The molecule has 1 amide bonds. The summed E-state index contributed by atoms with van der Waals surface area (Å²) in [5.74, 6) is 0.704. The highest BCUT2D eigenvalue weighted by Crippen LogP contribution is 2.32. The number of aromatic nitrogens is 1. The number of hydrazone groups is 1. The van der Waals surface area contributed by atoms with E-state index in [1.165, 1.54) is 0 Å². The molecule has 0 radical (unpaired) electrons. The first kappa shape index (κ1) is 19.2. The van der Waals surface area contributed by atoms with E-state index in [4.69, 9.17) is 16.3 Å². The largest absolute Gasteiger partial charge is 0.497 e. The van der Waals surface area contributed by atoms with E-state index in [1.54, 1.807) is 30.4 Å². The highest BCUT2D eigenvalue weighted by atomic mass is 35.5. The Morgan fingerprint density at radius 2 is 1.86 bits per heavy atom. The van der Waals surface area contributed by atoms with Crippen LogP contribution < -0.4 is 4.74 Å². The number of carbonyl (C=O) groups is 1. The van der Waals surface area contributed by atoms with E-state index in [0.29, 0.717) is 11.4 Å². The number of ether oxygens (including phenoxy) is 1. The zero-order valence-corrected chi connectivity index (χ0v) is 16.7. The van der Waals surface area contributed by atoms with Gasteiger partial charge in [-0.15, -0.1) is 0 Å². The second kappa shape index (κ2) is 8.45. The summed E-state index contributed by atoms with van der Waals surface area (Å²) in [6.45, 7) is 0. The van der Waals surface area contributed by atoms with Gasteiger partial charge in [0, 0.05) is 17.6 Å². The molecule has 6 heteroatoms. The lowest BCUT2D eigenvalue weighted by Gasteiger charge is -2.21. The number of nitrogens with zero attached hydrogens (tertiary/aromatic N) is 3. The highest BCUT2D eigenvalue weighted by Gasteiger charge is 2.33. The monoisotopic (exact) mass is 405 g/mol. The first-order valence-corrected chi connectivity index (χ1v) is 9.71. The molecule has 1 aliphatic rings. The van der Waals surface area contributed by atoms with Gasteiger partial charge < -0.3 is 4.74 Å². The van der Waals surface area contributed by atoms with E-state index in [-0.39, 0.29) is 18.4 Å². The van der Waals surface area contributed by atoms with Gasteiger partial charge >= 0.3 is 0 Å². The van der Waals surface area contributed by atoms with E-state index in [1.807, 2.05) is 54.6 Å². The highest BCUT2D eigenvalue weighted by molar-refractivity contribution is 6.30. The fourth-order valence-electron chi connectivity index (χ4n) is 3.36. The van der Waals surface area contributed by atoms with Crippen molar-refractivity contribution >= 4 is 23.2 Å². The molecular formula is C23H20ClN3O2. The second-order valence-electron chi connectivity index (χ2n) is 6.79. The molecular weight excluding hydrogens is 386 g/mol. The quantitative estimate of drug-likeness (QED) is 0.620. The van der Waals surface area contributed by atoms with E-state index in [9.17, 15) is 4.79 Å². The average molecular weight is 406 g/mol. The normalized spacial score (nSPS) is 15.9. The lowest BCUT2D eigenvalue weighted by molar-refractivity contribution is -0.132. The van der Waals surface area contributed by atoms with Crippen molar-refractivity contribution in [2.45, 2.75) is 18.9 Å². The van der Waals surface area contributed by atoms with E-state index >= 15 is 0 Å². The van der Waals surface area contributed by atoms with Crippen LogP contribution in [-0.4, -0.2) is 28.7 Å². The molecule has 0 saturated heterocycles. The number of hydrogen-bond acceptors (Lipinski definition) is 4. The number of hydrogen-bond donors (Lipinski definition) is 0. The molecule has 0 bridgehead atoms. The Kier molecular flexibility index (Phi) is 5.58. The van der Waals surface area contributed by atoms with Crippen LogP contribution in [0.15, 0.2) is 78.0 Å². The summed E-state index contributed by atoms with van der Waals surface area (Å²) in [5.41, 5.74) is 3.54. The molecule has 29 heavy (non-hydrogen) atoms. The molecule has 5 nitrogen and oxygen atoms in total. The molecule has 146 valence electrons. The Labute approximate surface area is 174 Å². The van der Waals surface area contributed by atoms with Gasteiger partial charge in [0.25, 0.3) is 0 Å². The van der Waals surface area contributed by atoms with Gasteiger partial charge in [0.1, 0.15) is 11.8 Å². The minimum absolute atomic E-state index is 0.0773. The number of pyridine rings is 1. The Morgan fingerprint density at radius 3 is 2.52 bits per heavy atom. The number of halogens is 1. The summed E-state index contributed by atoms with van der Waals surface area (Å²) in [5, 5.41) is 6.89. The standard InChI is InChI=1S/C23H20ClN3O2/c1-29-19-11-7-17(8-12-19)21-15-22(20-4-2-3-13-25-20)27(26-21)23(28)14-16-5-9-18(24)10-6-16/h2-13,22H,14-15H2,1H3. The Morgan fingerprint density at radius 1 is 1.10 bits per heavy atom. The predicted octanol–water partition coefficient (Wildman–Crippen LogP) is 4.66. The Balaban J connectivity index is 1.62. The molecule has 1 atom stereocenters. The maximum atomic E-state index is 13.1. The minimum atomic E-state index is -0.229. The van der Waals surface area contributed by atoms with Gasteiger partial charge in [-0.25, -0.2) is 5.01 Å². The smallest absolute Gasteiger partial charge is 0.247 e. The predicted molar refractivity (Wildman–Crippen MR) is 113 cm³/mol. The molecule has 0 spiro atoms. The lowest BCUT2D eigenvalue weighted by Crippen LogP contribution is -2.29. The number of benzene rings is 2. The third-order valence-corrected chi connectivity index (χ3v) is 5.14. The van der Waals surface area contributed by atoms with Crippen LogP contribution in [0, 0.1) is 0 Å². The maximum Gasteiger partial charge on any atom is 0.247 e. The van der Waals surface area contributed by atoms with Gasteiger partial charge in [-0.2, -0.15) is 5.10 Å². The maximum absolute atomic E-state index is 13.1. The van der Waals surface area contributed by atoms with Crippen LogP contribution in [0.5, 0.6) is 5.75 Å². The van der Waals surface area contributed by atoms with Crippen LogP contribution in [0.1, 0.15) is 29.3 Å². The van der Waals surface area contributed by atoms with Crippen molar-refractivity contribution in [1.82, 2.24) is 9.99 Å². The molecule has 0 fully saturated rings. The summed E-state index contributed by atoms with van der Waals surface area (Å²) >= 11 is 5.95. The number of methoxy groups -OCH3 is 1. The summed E-state index contributed by atoms with van der Waals surface area (Å²) in [6, 6.07) is 20.5. The van der Waals surface area contributed by atoms with Crippen molar-refractivity contribution in [3.05, 3.63) is 94.8 Å². The zero-order chi connectivity index (χ0) is 20.2. The van der Waals surface area contributed by atoms with Gasteiger partial charge in [0.15, 0.2) is 0 Å². The third-order valence-electron chi connectivity index (χ3n) is 4.89. The minimum Gasteiger partial charge on any atom is -0.497 e. The van der Waals surface area contributed by atoms with Crippen molar-refractivity contribution in [3.63, 3.8) is 0 Å². The van der Waals surface area contributed by atoms with Crippen LogP contribution in [0.4, 0.5) is 0 Å². The van der Waals surface area contributed by atoms with Crippen molar-refractivity contribution < 1.29 is 9.53 Å². The number of carbonyl (C=O) groups excluding carboxylic acids is 1. The third kappa shape index (κ3) is 4.30. The molecule has 1 aromatic heterocycles. The second-order valence-corrected chi connectivity index (χ2v) is 7.23. The molecule has 2 aromatic carbocycles. The van der Waals surface area contributed by atoms with Gasteiger partial charge in [-0.05, 0) is 59.7 Å². The molecule has 1 unspecified atom stereocenters. The molecule has 0 aliphatic carbocycles. The van der Waals surface area contributed by atoms with Gasteiger partial charge in [0.2, 0.25) is 5.91 Å². The molecule has 0 saturated carbocycles. The van der Waals surface area contributed by atoms with Gasteiger partial charge in [-0.3, -0.25) is 9.78 Å². The Hall–Kier alpha value is -3.18. The zero-order valence-electron chi connectivity index (χ0n) is 16.0. The first-order chi connectivity index (χ1) is 14.1. The molecule has 2 heterocycles. The van der Waals surface area contributed by atoms with E-state index in [0.717, 1.165) is 28.3 Å². The van der Waals surface area contributed by atoms with Gasteiger partial charge in [-0.1, -0.05) is 29.8 Å². The Bertz CT molecular complexity index is 1020. The van der Waals surface area contributed by atoms with Crippen LogP contribution in [0.25, 0.3) is 0 Å². The van der Waals surface area contributed by atoms with Crippen LogP contribution in [0.3, 0.4) is 0 Å². The topological polar surface area (TPSA) is 54.8 Å². The average Bonchev–Trinajstić information content (AvgIpc) is 3.22. The summed E-state index contributed by atoms with van der Waals surface area (Å²) in [6.07, 6.45) is 2.60. The molecule has 3 aromatic rings. The lowest BCUT2D eigenvalue weighted by atomic mass is 10.0. The van der Waals surface area contributed by atoms with Crippen LogP contribution >= 0.6 is 11.6 Å². The number of rotatable bonds is 5. The van der Waals surface area contributed by atoms with Crippen LogP contribution in [-0.2, 0) is 11.2 Å². The van der Waals surface area contributed by atoms with Crippen LogP contribution in [0.2, 0.25) is 5.02 Å². The molecule has 0 N–H and O–H groups in total. The first-order valence-electron chi connectivity index (χ1n) is 9.33. The van der Waals surface area contributed by atoms with Crippen molar-refractivity contribution in [1.29, 1.82) is 0 Å². The van der Waals surface area contributed by atoms with Gasteiger partial charge in [0.05, 0.1) is 24.9 Å². The van der Waals surface area contributed by atoms with Crippen molar-refractivity contribution in [2.24, 2.45) is 5.10 Å². The number of amides is 1. The fraction of sp³-hybridized carbons (Fsp3) is 0.174.